The van der Waals surface area contributed by atoms with E-state index in [4.69, 9.17) is 14.4 Å². The molecule has 0 fully saturated rings. The molecule has 0 N–H and O–H groups in total. The Balaban J connectivity index is 1.14. The van der Waals surface area contributed by atoms with Crippen LogP contribution >= 0.6 is 0 Å². The zero-order valence-electron chi connectivity index (χ0n) is 25.3. The molecule has 3 aromatic heterocycles. The third-order valence-electron chi connectivity index (χ3n) is 9.31. The molecule has 10 aromatic rings. The number of rotatable bonds is 3. The molecule has 0 saturated heterocycles. The molecular weight excluding hydrogens is 574 g/mol. The second-order valence-corrected chi connectivity index (χ2v) is 12.1. The van der Waals surface area contributed by atoms with E-state index >= 15 is 0 Å². The summed E-state index contributed by atoms with van der Waals surface area (Å²) in [6.07, 6.45) is 2.02. The summed E-state index contributed by atoms with van der Waals surface area (Å²) in [5.74, 6) is 1.52. The fourth-order valence-corrected chi connectivity index (χ4v) is 6.93. The lowest BCUT2D eigenvalue weighted by molar-refractivity contribution is -0.505. The van der Waals surface area contributed by atoms with Gasteiger partial charge in [0.1, 0.15) is 11.2 Å². The second-order valence-electron chi connectivity index (χ2n) is 12.1. The molecule has 0 aliphatic heterocycles. The largest absolute Gasteiger partial charge is 0.456 e. The molecule has 0 spiro atoms. The minimum absolute atomic E-state index is 0.695. The van der Waals surface area contributed by atoms with Crippen LogP contribution in [-0.4, -0.2) is 9.97 Å². The first-order valence-electron chi connectivity index (χ1n) is 15.8. The number of nitrogens with zero attached hydrogens (tertiary/aromatic N) is 3. The van der Waals surface area contributed by atoms with Gasteiger partial charge in [0.05, 0.1) is 17.3 Å². The Labute approximate surface area is 269 Å². The van der Waals surface area contributed by atoms with E-state index in [0.717, 1.165) is 55.5 Å². The molecule has 0 atom stereocenters. The van der Waals surface area contributed by atoms with Crippen LogP contribution in [0, 0.1) is 0 Å². The normalized spacial score (nSPS) is 11.8. The van der Waals surface area contributed by atoms with Crippen LogP contribution in [0.1, 0.15) is 0 Å². The van der Waals surface area contributed by atoms with E-state index in [1.54, 1.807) is 0 Å². The van der Waals surface area contributed by atoms with Crippen LogP contribution in [-0.2, 0) is 0 Å². The molecule has 4 nitrogen and oxygen atoms in total. The summed E-state index contributed by atoms with van der Waals surface area (Å²) in [5, 5.41) is 9.51. The van der Waals surface area contributed by atoms with Gasteiger partial charge in [0.2, 0.25) is 0 Å². The highest BCUT2D eigenvalue weighted by atomic mass is 16.3. The Bertz CT molecular complexity index is 2870. The number of aromatic nitrogens is 3. The summed E-state index contributed by atoms with van der Waals surface area (Å²) in [6, 6.07) is 53.4. The Morgan fingerprint density at radius 3 is 1.85 bits per heavy atom. The first-order chi connectivity index (χ1) is 23.2. The SMILES string of the molecule is c1ccc2cc(-c3nc(-c4ccc5oc6ccc(-c7ccc8ccc9ccccc9c8c7)cc6c5c4)[n+]4ccccc4n3)ccc2c1. The molecule has 0 amide bonds. The highest BCUT2D eigenvalue weighted by Crippen LogP contribution is 2.36. The molecule has 0 unspecified atom stereocenters. The van der Waals surface area contributed by atoms with Crippen LogP contribution in [0.4, 0.5) is 0 Å². The zero-order chi connectivity index (χ0) is 30.9. The smallest absolute Gasteiger partial charge is 0.308 e. The van der Waals surface area contributed by atoms with Gasteiger partial charge in [-0.25, -0.2) is 0 Å². The van der Waals surface area contributed by atoms with Crippen LogP contribution < -0.4 is 4.40 Å². The summed E-state index contributed by atoms with van der Waals surface area (Å²) in [6.45, 7) is 0. The van der Waals surface area contributed by atoms with Crippen LogP contribution in [0.3, 0.4) is 0 Å². The predicted octanol–water partition coefficient (Wildman–Crippen LogP) is 10.6. The van der Waals surface area contributed by atoms with E-state index < -0.39 is 0 Å². The van der Waals surface area contributed by atoms with Gasteiger partial charge in [0, 0.05) is 16.8 Å². The van der Waals surface area contributed by atoms with Gasteiger partial charge in [-0.3, -0.25) is 0 Å². The highest BCUT2D eigenvalue weighted by Gasteiger charge is 2.21. The number of pyridine rings is 1. The fourth-order valence-electron chi connectivity index (χ4n) is 6.93. The van der Waals surface area contributed by atoms with Crippen LogP contribution in [0.2, 0.25) is 0 Å². The quantitative estimate of drug-likeness (QED) is 0.150. The standard InChI is InChI=1S/C43H26N3O/c1-2-9-30-23-33(17-12-27(30)7-1)42-44-41-11-5-6-22-46(41)43(45-42)34-19-21-40-38(26-34)37-25-32(18-20-39(37)47-40)31-16-15-29-14-13-28-8-3-4-10-35(28)36(29)24-31/h1-26H/q+1. The number of fused-ring (bicyclic) bond motifs is 8. The molecule has 0 saturated carbocycles. The molecule has 0 aliphatic rings. The van der Waals surface area contributed by atoms with E-state index in [1.165, 1.54) is 32.5 Å². The lowest BCUT2D eigenvalue weighted by Gasteiger charge is -2.08. The Morgan fingerprint density at radius 1 is 0.404 bits per heavy atom. The molecule has 3 heterocycles. The monoisotopic (exact) mass is 600 g/mol. The Hall–Kier alpha value is -6.39. The number of benzene rings is 7. The van der Waals surface area contributed by atoms with Crippen molar-refractivity contribution in [2.24, 2.45) is 0 Å². The molecule has 4 heteroatoms. The van der Waals surface area contributed by atoms with Crippen LogP contribution in [0.25, 0.3) is 93.8 Å². The minimum atomic E-state index is 0.695. The maximum Gasteiger partial charge on any atom is 0.308 e. The zero-order valence-corrected chi connectivity index (χ0v) is 25.3. The molecular formula is C43H26N3O+. The van der Waals surface area contributed by atoms with Crippen molar-refractivity contribution < 1.29 is 8.82 Å². The molecule has 218 valence electrons. The molecule has 0 radical (unpaired) electrons. The lowest BCUT2D eigenvalue weighted by Crippen LogP contribution is -2.27. The fraction of sp³-hybridized carbons (Fsp3) is 0. The van der Waals surface area contributed by atoms with Gasteiger partial charge in [0.15, 0.2) is 0 Å². The van der Waals surface area contributed by atoms with Crippen molar-refractivity contribution in [2.45, 2.75) is 0 Å². The summed E-state index contributed by atoms with van der Waals surface area (Å²) < 4.78 is 8.40. The topological polar surface area (TPSA) is 43.0 Å². The van der Waals surface area contributed by atoms with Crippen molar-refractivity contribution in [1.82, 2.24) is 9.97 Å². The third kappa shape index (κ3) is 4.19. The average molecular weight is 601 g/mol. The Morgan fingerprint density at radius 2 is 1.00 bits per heavy atom. The number of hydrogen-bond donors (Lipinski definition) is 0. The average Bonchev–Trinajstić information content (AvgIpc) is 3.51. The van der Waals surface area contributed by atoms with E-state index in [1.807, 2.05) is 24.4 Å². The van der Waals surface area contributed by atoms with Crippen molar-refractivity contribution in [3.63, 3.8) is 0 Å². The third-order valence-corrected chi connectivity index (χ3v) is 9.31. The van der Waals surface area contributed by atoms with Gasteiger partial charge in [-0.1, -0.05) is 101 Å². The van der Waals surface area contributed by atoms with E-state index in [-0.39, 0.29) is 0 Å². The van der Waals surface area contributed by atoms with Gasteiger partial charge in [0.25, 0.3) is 11.5 Å². The predicted molar refractivity (Wildman–Crippen MR) is 191 cm³/mol. The van der Waals surface area contributed by atoms with Crippen molar-refractivity contribution in [3.05, 3.63) is 158 Å². The molecule has 47 heavy (non-hydrogen) atoms. The number of furan rings is 1. The van der Waals surface area contributed by atoms with E-state index in [0.29, 0.717) is 5.82 Å². The summed E-state index contributed by atoms with van der Waals surface area (Å²) in [4.78, 5) is 10.1. The van der Waals surface area contributed by atoms with Gasteiger partial charge in [-0.05, 0) is 98.0 Å². The first-order valence-corrected chi connectivity index (χ1v) is 15.8. The second kappa shape index (κ2) is 10.1. The Kier molecular flexibility index (Phi) is 5.54. The summed E-state index contributed by atoms with van der Waals surface area (Å²) >= 11 is 0. The van der Waals surface area contributed by atoms with Gasteiger partial charge >= 0.3 is 5.82 Å². The van der Waals surface area contributed by atoms with Crippen LogP contribution in [0.5, 0.6) is 0 Å². The lowest BCUT2D eigenvalue weighted by atomic mass is 9.96. The number of hydrogen-bond acceptors (Lipinski definition) is 3. The molecule has 0 aliphatic carbocycles. The molecule has 7 aromatic carbocycles. The minimum Gasteiger partial charge on any atom is -0.456 e. The van der Waals surface area contributed by atoms with E-state index in [2.05, 4.69) is 138 Å². The highest BCUT2D eigenvalue weighted by molar-refractivity contribution is 6.10. The van der Waals surface area contributed by atoms with Crippen LogP contribution in [0.15, 0.2) is 162 Å². The molecule has 0 bridgehead atoms. The summed E-state index contributed by atoms with van der Waals surface area (Å²) in [7, 11) is 0. The van der Waals surface area contributed by atoms with Crippen molar-refractivity contribution in [2.75, 3.05) is 0 Å². The maximum absolute atomic E-state index is 6.34. The van der Waals surface area contributed by atoms with Gasteiger partial charge in [-0.15, -0.1) is 0 Å². The van der Waals surface area contributed by atoms with Gasteiger partial charge < -0.3 is 4.42 Å². The van der Waals surface area contributed by atoms with Crippen molar-refractivity contribution >= 4 is 59.9 Å². The molecule has 10 rings (SSSR count). The summed E-state index contributed by atoms with van der Waals surface area (Å²) in [5.41, 5.74) is 6.86. The van der Waals surface area contributed by atoms with Crippen molar-refractivity contribution in [1.29, 1.82) is 0 Å². The van der Waals surface area contributed by atoms with E-state index in [9.17, 15) is 0 Å². The maximum atomic E-state index is 6.34. The van der Waals surface area contributed by atoms with Gasteiger partial charge in [-0.2, -0.15) is 4.40 Å². The first kappa shape index (κ1) is 25.9. The van der Waals surface area contributed by atoms with Crippen molar-refractivity contribution in [3.8, 4) is 33.9 Å².